The number of carbonyl (C=O) groups excluding carboxylic acids is 1. The van der Waals surface area contributed by atoms with Crippen LogP contribution in [0.25, 0.3) is 6.08 Å². The topological polar surface area (TPSA) is 102 Å². The standard InChI is InChI=1S/C15H14N2O4/c16-8-11-3-1-10(2-4-11)5-6-14(19)17-9-12(18)7-13(17)15(20)21/h1-6,12-13,18H,7,9H2,(H,20,21)/t12-,13-/m1/s1. The first-order chi connectivity index (χ1) is 10.0. The summed E-state index contributed by atoms with van der Waals surface area (Å²) in [6, 6.07) is 7.64. The van der Waals surface area contributed by atoms with Crippen LogP contribution in [0.3, 0.4) is 0 Å². The van der Waals surface area contributed by atoms with E-state index in [0.717, 1.165) is 10.5 Å². The van der Waals surface area contributed by atoms with Crippen LogP contribution in [0, 0.1) is 11.3 Å². The fourth-order valence-electron chi connectivity index (χ4n) is 2.22. The highest BCUT2D eigenvalue weighted by molar-refractivity contribution is 5.94. The number of nitriles is 1. The Labute approximate surface area is 121 Å². The Hall–Kier alpha value is -2.65. The molecule has 1 saturated heterocycles. The van der Waals surface area contributed by atoms with E-state index in [4.69, 9.17) is 10.4 Å². The Kier molecular flexibility index (Phi) is 4.36. The van der Waals surface area contributed by atoms with Crippen molar-refractivity contribution in [2.24, 2.45) is 0 Å². The predicted molar refractivity (Wildman–Crippen MR) is 74.0 cm³/mol. The highest BCUT2D eigenvalue weighted by Crippen LogP contribution is 2.19. The predicted octanol–water partition coefficient (Wildman–Crippen LogP) is 0.618. The molecule has 0 spiro atoms. The average molecular weight is 286 g/mol. The number of nitrogens with zero attached hydrogens (tertiary/aromatic N) is 2. The second kappa shape index (κ2) is 6.20. The Balaban J connectivity index is 2.07. The molecule has 0 unspecified atom stereocenters. The summed E-state index contributed by atoms with van der Waals surface area (Å²) < 4.78 is 0. The number of likely N-dealkylation sites (tertiary alicyclic amines) is 1. The molecule has 0 aromatic heterocycles. The van der Waals surface area contributed by atoms with Crippen LogP contribution in [-0.4, -0.2) is 45.7 Å². The minimum atomic E-state index is -1.12. The molecule has 21 heavy (non-hydrogen) atoms. The first kappa shape index (κ1) is 14.8. The molecule has 1 aliphatic heterocycles. The smallest absolute Gasteiger partial charge is 0.326 e. The second-order valence-corrected chi connectivity index (χ2v) is 4.80. The van der Waals surface area contributed by atoms with E-state index in [-0.39, 0.29) is 13.0 Å². The minimum Gasteiger partial charge on any atom is -0.480 e. The van der Waals surface area contributed by atoms with Crippen molar-refractivity contribution in [1.82, 2.24) is 4.90 Å². The molecule has 1 amide bonds. The van der Waals surface area contributed by atoms with Gasteiger partial charge in [-0.25, -0.2) is 4.79 Å². The third kappa shape index (κ3) is 3.46. The maximum Gasteiger partial charge on any atom is 0.326 e. The zero-order valence-corrected chi connectivity index (χ0v) is 11.1. The Bertz CT molecular complexity index is 616. The largest absolute Gasteiger partial charge is 0.480 e. The fraction of sp³-hybridized carbons (Fsp3) is 0.267. The number of aliphatic hydroxyl groups is 1. The number of carboxylic acid groups (broad SMARTS) is 1. The lowest BCUT2D eigenvalue weighted by molar-refractivity contribution is -0.146. The van der Waals surface area contributed by atoms with Gasteiger partial charge in [-0.15, -0.1) is 0 Å². The van der Waals surface area contributed by atoms with Crippen molar-refractivity contribution in [3.8, 4) is 6.07 Å². The molecule has 1 heterocycles. The van der Waals surface area contributed by atoms with Crippen molar-refractivity contribution in [3.63, 3.8) is 0 Å². The van der Waals surface area contributed by atoms with Crippen molar-refractivity contribution in [3.05, 3.63) is 41.5 Å². The van der Waals surface area contributed by atoms with Crippen LogP contribution in [-0.2, 0) is 9.59 Å². The van der Waals surface area contributed by atoms with E-state index in [2.05, 4.69) is 0 Å². The van der Waals surface area contributed by atoms with Crippen LogP contribution in [0.4, 0.5) is 0 Å². The number of β-amino-alcohol motifs (C(OH)–C–C–N with tert-alkyl or cyclic N) is 1. The summed E-state index contributed by atoms with van der Waals surface area (Å²) in [7, 11) is 0. The fourth-order valence-corrected chi connectivity index (χ4v) is 2.22. The lowest BCUT2D eigenvalue weighted by Crippen LogP contribution is -2.39. The number of hydrogen-bond donors (Lipinski definition) is 2. The molecule has 6 nitrogen and oxygen atoms in total. The molecular weight excluding hydrogens is 272 g/mol. The van der Waals surface area contributed by atoms with Crippen LogP contribution in [0.1, 0.15) is 17.5 Å². The quantitative estimate of drug-likeness (QED) is 0.793. The van der Waals surface area contributed by atoms with Gasteiger partial charge in [0.15, 0.2) is 0 Å². The summed E-state index contributed by atoms with van der Waals surface area (Å²) in [5.74, 6) is -1.57. The average Bonchev–Trinajstić information content (AvgIpc) is 2.87. The molecular formula is C15H14N2O4. The minimum absolute atomic E-state index is 0.0213. The van der Waals surface area contributed by atoms with Gasteiger partial charge in [-0.05, 0) is 23.8 Å². The number of rotatable bonds is 3. The maximum atomic E-state index is 12.0. The van der Waals surface area contributed by atoms with Crippen molar-refractivity contribution >= 4 is 18.0 Å². The van der Waals surface area contributed by atoms with Crippen molar-refractivity contribution in [1.29, 1.82) is 5.26 Å². The number of aliphatic carboxylic acids is 1. The first-order valence-electron chi connectivity index (χ1n) is 6.41. The third-order valence-corrected chi connectivity index (χ3v) is 3.31. The van der Waals surface area contributed by atoms with Gasteiger partial charge in [0.2, 0.25) is 5.91 Å². The molecule has 6 heteroatoms. The third-order valence-electron chi connectivity index (χ3n) is 3.31. The van der Waals surface area contributed by atoms with E-state index in [1.807, 2.05) is 6.07 Å². The molecule has 1 aromatic carbocycles. The molecule has 2 rings (SSSR count). The summed E-state index contributed by atoms with van der Waals surface area (Å²) in [4.78, 5) is 24.2. The van der Waals surface area contributed by atoms with Crippen LogP contribution in [0.15, 0.2) is 30.3 Å². The van der Waals surface area contributed by atoms with E-state index >= 15 is 0 Å². The number of hydrogen-bond acceptors (Lipinski definition) is 4. The molecule has 2 N–H and O–H groups in total. The Morgan fingerprint density at radius 3 is 2.57 bits per heavy atom. The molecule has 0 radical (unpaired) electrons. The van der Waals surface area contributed by atoms with Gasteiger partial charge in [-0.1, -0.05) is 12.1 Å². The molecule has 1 aromatic rings. The highest BCUT2D eigenvalue weighted by Gasteiger charge is 2.37. The molecule has 0 bridgehead atoms. The van der Waals surface area contributed by atoms with Crippen LogP contribution < -0.4 is 0 Å². The lowest BCUT2D eigenvalue weighted by atomic mass is 10.1. The van der Waals surface area contributed by atoms with Crippen molar-refractivity contribution < 1.29 is 19.8 Å². The van der Waals surface area contributed by atoms with Crippen LogP contribution in [0.5, 0.6) is 0 Å². The number of carboxylic acids is 1. The Morgan fingerprint density at radius 2 is 2.00 bits per heavy atom. The van der Waals surface area contributed by atoms with E-state index in [9.17, 15) is 14.7 Å². The molecule has 0 aliphatic carbocycles. The molecule has 0 saturated carbocycles. The zero-order valence-electron chi connectivity index (χ0n) is 11.1. The first-order valence-corrected chi connectivity index (χ1v) is 6.41. The van der Waals surface area contributed by atoms with E-state index < -0.39 is 24.0 Å². The number of amides is 1. The molecule has 1 fully saturated rings. The van der Waals surface area contributed by atoms with E-state index in [0.29, 0.717) is 5.56 Å². The van der Waals surface area contributed by atoms with Crippen molar-refractivity contribution in [2.45, 2.75) is 18.6 Å². The maximum absolute atomic E-state index is 12.0. The lowest BCUT2D eigenvalue weighted by Gasteiger charge is -2.19. The van der Waals surface area contributed by atoms with E-state index in [1.54, 1.807) is 30.3 Å². The van der Waals surface area contributed by atoms with Gasteiger partial charge in [-0.3, -0.25) is 4.79 Å². The van der Waals surface area contributed by atoms with Crippen LogP contribution in [0.2, 0.25) is 0 Å². The Morgan fingerprint density at radius 1 is 1.33 bits per heavy atom. The van der Waals surface area contributed by atoms with Gasteiger partial charge in [-0.2, -0.15) is 5.26 Å². The number of benzene rings is 1. The van der Waals surface area contributed by atoms with Crippen molar-refractivity contribution in [2.75, 3.05) is 6.54 Å². The van der Waals surface area contributed by atoms with E-state index in [1.165, 1.54) is 6.08 Å². The summed E-state index contributed by atoms with van der Waals surface area (Å²) in [6.45, 7) is 0.0213. The summed E-state index contributed by atoms with van der Waals surface area (Å²) in [5.41, 5.74) is 1.25. The monoisotopic (exact) mass is 286 g/mol. The van der Waals surface area contributed by atoms with Gasteiger partial charge in [0, 0.05) is 19.0 Å². The zero-order chi connectivity index (χ0) is 15.4. The summed E-state index contributed by atoms with van der Waals surface area (Å²) in [6.07, 6.45) is 2.06. The summed E-state index contributed by atoms with van der Waals surface area (Å²) in [5, 5.41) is 27.2. The van der Waals surface area contributed by atoms with Gasteiger partial charge >= 0.3 is 5.97 Å². The number of aliphatic hydroxyl groups excluding tert-OH is 1. The van der Waals surface area contributed by atoms with Crippen LogP contribution >= 0.6 is 0 Å². The molecule has 2 atom stereocenters. The van der Waals surface area contributed by atoms with Gasteiger partial charge in [0.1, 0.15) is 6.04 Å². The SMILES string of the molecule is N#Cc1ccc(C=CC(=O)N2C[C@H](O)C[C@@H]2C(=O)O)cc1. The van der Waals surface area contributed by atoms with Gasteiger partial charge in [0.25, 0.3) is 0 Å². The molecule has 108 valence electrons. The van der Waals surface area contributed by atoms with Gasteiger partial charge in [0.05, 0.1) is 17.7 Å². The highest BCUT2D eigenvalue weighted by atomic mass is 16.4. The molecule has 1 aliphatic rings. The number of carbonyl (C=O) groups is 2. The van der Waals surface area contributed by atoms with Gasteiger partial charge < -0.3 is 15.1 Å². The normalized spacial score (nSPS) is 21.4. The second-order valence-electron chi connectivity index (χ2n) is 4.80. The summed E-state index contributed by atoms with van der Waals surface area (Å²) >= 11 is 0.